The van der Waals surface area contributed by atoms with E-state index in [4.69, 9.17) is 11.6 Å². The molecular formula is C14H15ClN2O3. The lowest BCUT2D eigenvalue weighted by atomic mass is 10.1. The lowest BCUT2D eigenvalue weighted by Crippen LogP contribution is -2.52. The first-order chi connectivity index (χ1) is 9.54. The van der Waals surface area contributed by atoms with Gasteiger partial charge in [-0.25, -0.2) is 0 Å². The van der Waals surface area contributed by atoms with E-state index >= 15 is 0 Å². The van der Waals surface area contributed by atoms with Crippen molar-refractivity contribution in [1.29, 1.82) is 0 Å². The molecule has 20 heavy (non-hydrogen) atoms. The van der Waals surface area contributed by atoms with Crippen molar-refractivity contribution in [3.05, 3.63) is 34.9 Å². The fraction of sp³-hybridized carbons (Fsp3) is 0.357. The van der Waals surface area contributed by atoms with Crippen LogP contribution in [-0.4, -0.2) is 23.8 Å². The van der Waals surface area contributed by atoms with Crippen molar-refractivity contribution in [1.82, 2.24) is 10.6 Å². The maximum Gasteiger partial charge on any atom is 0.249 e. The smallest absolute Gasteiger partial charge is 0.249 e. The highest BCUT2D eigenvalue weighted by Crippen LogP contribution is 2.11. The predicted molar refractivity (Wildman–Crippen MR) is 74.1 cm³/mol. The van der Waals surface area contributed by atoms with Gasteiger partial charge in [0, 0.05) is 17.9 Å². The highest BCUT2D eigenvalue weighted by atomic mass is 35.5. The summed E-state index contributed by atoms with van der Waals surface area (Å²) in [4.78, 5) is 34.3. The van der Waals surface area contributed by atoms with Crippen molar-refractivity contribution >= 4 is 29.3 Å². The molecule has 1 atom stereocenters. The lowest BCUT2D eigenvalue weighted by molar-refractivity contribution is -0.137. The number of halogens is 1. The van der Waals surface area contributed by atoms with Gasteiger partial charge in [0.25, 0.3) is 0 Å². The lowest BCUT2D eigenvalue weighted by Gasteiger charge is -2.21. The molecule has 5 nitrogen and oxygen atoms in total. The number of carbonyl (C=O) groups is 3. The highest BCUT2D eigenvalue weighted by Gasteiger charge is 2.27. The van der Waals surface area contributed by atoms with Gasteiger partial charge < -0.3 is 5.32 Å². The molecule has 0 spiro atoms. The summed E-state index contributed by atoms with van der Waals surface area (Å²) in [5, 5.41) is 5.50. The van der Waals surface area contributed by atoms with Crippen LogP contribution in [-0.2, 0) is 20.8 Å². The fourth-order valence-corrected chi connectivity index (χ4v) is 2.13. The summed E-state index contributed by atoms with van der Waals surface area (Å²) in [6.45, 7) is 0. The van der Waals surface area contributed by atoms with E-state index in [1.165, 1.54) is 0 Å². The van der Waals surface area contributed by atoms with E-state index in [0.29, 0.717) is 24.3 Å². The summed E-state index contributed by atoms with van der Waals surface area (Å²) >= 11 is 5.78. The molecule has 1 aliphatic rings. The minimum absolute atomic E-state index is 0.200. The van der Waals surface area contributed by atoms with Crippen LogP contribution in [0.3, 0.4) is 0 Å². The molecule has 2 N–H and O–H groups in total. The van der Waals surface area contributed by atoms with E-state index in [1.807, 2.05) is 12.1 Å². The molecular weight excluding hydrogens is 280 g/mol. The van der Waals surface area contributed by atoms with E-state index in [2.05, 4.69) is 10.6 Å². The molecule has 0 aromatic heterocycles. The molecule has 0 saturated carbocycles. The number of nitrogens with one attached hydrogen (secondary N) is 2. The molecule has 1 aromatic rings. The topological polar surface area (TPSA) is 75.3 Å². The average Bonchev–Trinajstić information content (AvgIpc) is 2.41. The van der Waals surface area contributed by atoms with E-state index < -0.39 is 11.9 Å². The Labute approximate surface area is 121 Å². The second kappa shape index (κ2) is 6.52. The Kier molecular flexibility index (Phi) is 4.74. The number of imide groups is 1. The highest BCUT2D eigenvalue weighted by molar-refractivity contribution is 6.30. The van der Waals surface area contributed by atoms with Gasteiger partial charge in [0.2, 0.25) is 17.7 Å². The van der Waals surface area contributed by atoms with Gasteiger partial charge in [0.1, 0.15) is 6.04 Å². The summed E-state index contributed by atoms with van der Waals surface area (Å²) in [7, 11) is 0. The number of carbonyl (C=O) groups excluding carboxylic acids is 3. The second-order valence-corrected chi connectivity index (χ2v) is 5.13. The summed E-state index contributed by atoms with van der Waals surface area (Å²) in [6, 6.07) is 6.66. The quantitative estimate of drug-likeness (QED) is 0.819. The molecule has 3 amide bonds. The molecule has 1 saturated heterocycles. The number of hydrogen-bond acceptors (Lipinski definition) is 3. The first-order valence-electron chi connectivity index (χ1n) is 6.42. The second-order valence-electron chi connectivity index (χ2n) is 4.70. The van der Waals surface area contributed by atoms with Crippen LogP contribution >= 0.6 is 11.6 Å². The number of hydrogen-bond donors (Lipinski definition) is 2. The average molecular weight is 295 g/mol. The van der Waals surface area contributed by atoms with Crippen LogP contribution in [0, 0.1) is 0 Å². The Morgan fingerprint density at radius 1 is 1.30 bits per heavy atom. The first kappa shape index (κ1) is 14.5. The van der Waals surface area contributed by atoms with Gasteiger partial charge >= 0.3 is 0 Å². The Morgan fingerprint density at radius 3 is 2.65 bits per heavy atom. The Bertz CT molecular complexity index is 528. The number of aryl methyl sites for hydroxylation is 1. The minimum Gasteiger partial charge on any atom is -0.344 e. The normalized spacial score (nSPS) is 18.6. The molecule has 106 valence electrons. The maximum absolute atomic E-state index is 11.8. The van der Waals surface area contributed by atoms with Gasteiger partial charge in [-0.15, -0.1) is 0 Å². The van der Waals surface area contributed by atoms with Crippen LogP contribution in [0.5, 0.6) is 0 Å². The molecule has 0 aliphatic carbocycles. The Balaban J connectivity index is 1.79. The molecule has 6 heteroatoms. The zero-order valence-corrected chi connectivity index (χ0v) is 11.6. The van der Waals surface area contributed by atoms with E-state index in [1.54, 1.807) is 12.1 Å². The molecule has 0 radical (unpaired) electrons. The van der Waals surface area contributed by atoms with Crippen molar-refractivity contribution < 1.29 is 14.4 Å². The van der Waals surface area contributed by atoms with Crippen molar-refractivity contribution in [2.75, 3.05) is 0 Å². The van der Waals surface area contributed by atoms with Gasteiger partial charge in [-0.2, -0.15) is 0 Å². The maximum atomic E-state index is 11.8. The third kappa shape index (κ3) is 4.06. The largest absolute Gasteiger partial charge is 0.344 e. The van der Waals surface area contributed by atoms with Gasteiger partial charge in [0.05, 0.1) is 0 Å². The van der Waals surface area contributed by atoms with E-state index in [-0.39, 0.29) is 18.2 Å². The molecule has 1 unspecified atom stereocenters. The zero-order valence-electron chi connectivity index (χ0n) is 10.8. The van der Waals surface area contributed by atoms with Gasteiger partial charge in [-0.1, -0.05) is 23.7 Å². The standard InChI is InChI=1S/C14H15ClN2O3/c15-10-4-1-9(2-5-10)3-7-12(18)16-11-6-8-13(19)17-14(11)20/h1-2,4-5,11H,3,6-8H2,(H,16,18)(H,17,19,20). The molecule has 1 heterocycles. The van der Waals surface area contributed by atoms with Crippen LogP contribution in [0.2, 0.25) is 5.02 Å². The third-order valence-electron chi connectivity index (χ3n) is 3.13. The molecule has 1 aliphatic heterocycles. The van der Waals surface area contributed by atoms with Crippen LogP contribution in [0.4, 0.5) is 0 Å². The first-order valence-corrected chi connectivity index (χ1v) is 6.80. The Hall–Kier alpha value is -1.88. The van der Waals surface area contributed by atoms with Crippen LogP contribution in [0.25, 0.3) is 0 Å². The number of piperidine rings is 1. The van der Waals surface area contributed by atoms with E-state index in [0.717, 1.165) is 5.56 Å². The molecule has 1 aromatic carbocycles. The zero-order chi connectivity index (χ0) is 14.5. The monoisotopic (exact) mass is 294 g/mol. The molecule has 0 bridgehead atoms. The summed E-state index contributed by atoms with van der Waals surface area (Å²) in [5.74, 6) is -0.919. The number of benzene rings is 1. The van der Waals surface area contributed by atoms with Gasteiger partial charge in [0.15, 0.2) is 0 Å². The van der Waals surface area contributed by atoms with Gasteiger partial charge in [-0.05, 0) is 30.5 Å². The fourth-order valence-electron chi connectivity index (χ4n) is 2.01. The Morgan fingerprint density at radius 2 is 2.00 bits per heavy atom. The van der Waals surface area contributed by atoms with Crippen molar-refractivity contribution in [3.63, 3.8) is 0 Å². The SMILES string of the molecule is O=C1CCC(NC(=O)CCc2ccc(Cl)cc2)C(=O)N1. The number of amides is 3. The molecule has 2 rings (SSSR count). The van der Waals surface area contributed by atoms with Crippen LogP contribution < -0.4 is 10.6 Å². The van der Waals surface area contributed by atoms with Crippen molar-refractivity contribution in [3.8, 4) is 0 Å². The van der Waals surface area contributed by atoms with Crippen molar-refractivity contribution in [2.45, 2.75) is 31.7 Å². The molecule has 1 fully saturated rings. The summed E-state index contributed by atoms with van der Waals surface area (Å²) < 4.78 is 0. The summed E-state index contributed by atoms with van der Waals surface area (Å²) in [5.41, 5.74) is 1.01. The van der Waals surface area contributed by atoms with E-state index in [9.17, 15) is 14.4 Å². The summed E-state index contributed by atoms with van der Waals surface area (Å²) in [6.07, 6.45) is 1.49. The number of rotatable bonds is 4. The van der Waals surface area contributed by atoms with Gasteiger partial charge in [-0.3, -0.25) is 19.7 Å². The van der Waals surface area contributed by atoms with Crippen LogP contribution in [0.15, 0.2) is 24.3 Å². The minimum atomic E-state index is -0.606. The van der Waals surface area contributed by atoms with Crippen LogP contribution in [0.1, 0.15) is 24.8 Å². The predicted octanol–water partition coefficient (Wildman–Crippen LogP) is 1.19. The third-order valence-corrected chi connectivity index (χ3v) is 3.38. The van der Waals surface area contributed by atoms with Crippen molar-refractivity contribution in [2.24, 2.45) is 0 Å².